The number of rotatable bonds is 5. The molecule has 0 N–H and O–H groups in total. The highest BCUT2D eigenvalue weighted by Crippen LogP contribution is 2.50. The number of para-hydroxylation sites is 2. The van der Waals surface area contributed by atoms with Crippen LogP contribution in [0.3, 0.4) is 0 Å². The fourth-order valence-electron chi connectivity index (χ4n) is 11.9. The van der Waals surface area contributed by atoms with Crippen LogP contribution in [0.2, 0.25) is 0 Å². The van der Waals surface area contributed by atoms with E-state index in [1.807, 2.05) is 0 Å². The largest absolute Gasteiger partial charge is 0.311 e. The zero-order valence-electron chi connectivity index (χ0n) is 44.7. The summed E-state index contributed by atoms with van der Waals surface area (Å²) in [7, 11) is 0. The van der Waals surface area contributed by atoms with Crippen LogP contribution in [0.5, 0.6) is 0 Å². The SMILES string of the molecule is Cc1ccc2c(c1)B1c3cc(C(C)(C)C)ccc3N(c3ccc(C)cc3-c3ccc(C(C)(C)C)cc3)c3cc(-n4c5ccccc5c5ccccc54)cc(c31)N2c1ccc(C)cc1-c1ccc(C(C)(C)C)cc1. The minimum absolute atomic E-state index is 0.0412. The standard InChI is InChI=1S/C69H66BN3/c1-43-21-33-60(54(37-43)46-24-28-48(29-25-46)67(4,5)6)72-62-35-23-45(3)39-56(62)70-57-40-50(69(10,11)12)32-36-63(57)73(61-34-22-44(2)38-55(61)47-26-30-49(31-27-47)68(7,8)9)65-42-51(41-64(72)66(65)70)71-58-19-15-13-17-52(58)53-18-14-16-20-59(53)71/h13-42H,1-12H3. The molecule has 2 aliphatic heterocycles. The molecule has 0 atom stereocenters. The van der Waals surface area contributed by atoms with Gasteiger partial charge in [0.2, 0.25) is 0 Å². The summed E-state index contributed by atoms with van der Waals surface area (Å²) in [5.74, 6) is 0. The first-order chi connectivity index (χ1) is 34.8. The molecule has 0 amide bonds. The highest BCUT2D eigenvalue weighted by atomic mass is 15.2. The van der Waals surface area contributed by atoms with Crippen molar-refractivity contribution in [2.24, 2.45) is 0 Å². The third-order valence-electron chi connectivity index (χ3n) is 15.8. The summed E-state index contributed by atoms with van der Waals surface area (Å²) in [4.78, 5) is 5.24. The van der Waals surface area contributed by atoms with Crippen LogP contribution < -0.4 is 26.2 Å². The smallest absolute Gasteiger partial charge is 0.252 e. The van der Waals surface area contributed by atoms with Crippen molar-refractivity contribution in [3.05, 3.63) is 215 Å². The Morgan fingerprint density at radius 1 is 0.342 bits per heavy atom. The number of aryl methyl sites for hydroxylation is 3. The molecule has 0 saturated carbocycles. The summed E-state index contributed by atoms with van der Waals surface area (Å²) in [5, 5.41) is 2.49. The lowest BCUT2D eigenvalue weighted by atomic mass is 9.33. The first kappa shape index (κ1) is 46.5. The molecule has 12 rings (SSSR count). The monoisotopic (exact) mass is 948 g/mol. The number of fused-ring (bicyclic) bond motifs is 7. The molecule has 4 heteroatoms. The third kappa shape index (κ3) is 7.72. The highest BCUT2D eigenvalue weighted by Gasteiger charge is 2.45. The van der Waals surface area contributed by atoms with Gasteiger partial charge in [-0.25, -0.2) is 0 Å². The molecular formula is C69H66BN3. The van der Waals surface area contributed by atoms with Crippen LogP contribution in [0.15, 0.2) is 182 Å². The molecule has 10 aromatic rings. The van der Waals surface area contributed by atoms with Crippen molar-refractivity contribution in [3.8, 4) is 27.9 Å². The topological polar surface area (TPSA) is 11.4 Å². The zero-order chi connectivity index (χ0) is 50.9. The zero-order valence-corrected chi connectivity index (χ0v) is 44.7. The number of hydrogen-bond acceptors (Lipinski definition) is 2. The van der Waals surface area contributed by atoms with Crippen LogP contribution in [0, 0.1) is 20.8 Å². The summed E-state index contributed by atoms with van der Waals surface area (Å²) < 4.78 is 2.51. The van der Waals surface area contributed by atoms with Gasteiger partial charge in [-0.05, 0) is 142 Å². The predicted octanol–water partition coefficient (Wildman–Crippen LogP) is 17.0. The Morgan fingerprint density at radius 2 is 0.726 bits per heavy atom. The van der Waals surface area contributed by atoms with E-state index in [4.69, 9.17) is 0 Å². The van der Waals surface area contributed by atoms with Gasteiger partial charge in [0.1, 0.15) is 0 Å². The second kappa shape index (κ2) is 16.8. The van der Waals surface area contributed by atoms with Crippen LogP contribution >= 0.6 is 0 Å². The average Bonchev–Trinajstić information content (AvgIpc) is 3.71. The maximum atomic E-state index is 2.63. The van der Waals surface area contributed by atoms with E-state index in [9.17, 15) is 0 Å². The van der Waals surface area contributed by atoms with Crippen LogP contribution in [-0.4, -0.2) is 11.3 Å². The van der Waals surface area contributed by atoms with Gasteiger partial charge < -0.3 is 14.4 Å². The van der Waals surface area contributed by atoms with Gasteiger partial charge in [-0.15, -0.1) is 0 Å². The number of nitrogens with zero attached hydrogens (tertiary/aromatic N) is 3. The number of benzene rings is 9. The molecule has 0 saturated heterocycles. The minimum atomic E-state index is -0.0668. The Bertz CT molecular complexity index is 3760. The van der Waals surface area contributed by atoms with E-state index in [2.05, 4.69) is 279 Å². The Morgan fingerprint density at radius 3 is 1.18 bits per heavy atom. The van der Waals surface area contributed by atoms with E-state index in [-0.39, 0.29) is 23.0 Å². The van der Waals surface area contributed by atoms with E-state index < -0.39 is 0 Å². The molecule has 0 bridgehead atoms. The Hall–Kier alpha value is -7.56. The molecule has 0 unspecified atom stereocenters. The molecule has 0 spiro atoms. The van der Waals surface area contributed by atoms with Gasteiger partial charge in [0.05, 0.1) is 28.1 Å². The molecule has 0 aliphatic carbocycles. The van der Waals surface area contributed by atoms with Crippen LogP contribution in [0.25, 0.3) is 49.7 Å². The van der Waals surface area contributed by atoms with Gasteiger partial charge in [0.25, 0.3) is 6.71 Å². The molecule has 3 heterocycles. The van der Waals surface area contributed by atoms with Gasteiger partial charge in [0.15, 0.2) is 0 Å². The van der Waals surface area contributed by atoms with Gasteiger partial charge in [-0.2, -0.15) is 0 Å². The van der Waals surface area contributed by atoms with E-state index in [1.165, 1.54) is 117 Å². The molecule has 73 heavy (non-hydrogen) atoms. The van der Waals surface area contributed by atoms with Crippen LogP contribution in [0.4, 0.5) is 34.1 Å². The molecule has 360 valence electrons. The number of anilines is 6. The Labute approximate surface area is 433 Å². The summed E-state index contributed by atoms with van der Waals surface area (Å²) in [6, 6.07) is 70.2. The Kier molecular flexibility index (Phi) is 10.7. The normalized spacial score (nSPS) is 13.4. The predicted molar refractivity (Wildman–Crippen MR) is 316 cm³/mol. The molecular weight excluding hydrogens is 882 g/mol. The first-order valence-electron chi connectivity index (χ1n) is 26.3. The minimum Gasteiger partial charge on any atom is -0.311 e. The van der Waals surface area contributed by atoms with Crippen molar-refractivity contribution in [2.45, 2.75) is 99.3 Å². The quantitative estimate of drug-likeness (QED) is 0.159. The summed E-state index contributed by atoms with van der Waals surface area (Å²) in [5.41, 5.74) is 27.1. The van der Waals surface area contributed by atoms with E-state index in [1.54, 1.807) is 0 Å². The van der Waals surface area contributed by atoms with Gasteiger partial charge in [-0.1, -0.05) is 200 Å². The van der Waals surface area contributed by atoms with Gasteiger partial charge in [-0.3, -0.25) is 0 Å². The second-order valence-electron chi connectivity index (χ2n) is 24.2. The van der Waals surface area contributed by atoms with Crippen LogP contribution in [-0.2, 0) is 16.2 Å². The van der Waals surface area contributed by atoms with E-state index >= 15 is 0 Å². The molecule has 3 nitrogen and oxygen atoms in total. The summed E-state index contributed by atoms with van der Waals surface area (Å²) in [6.07, 6.45) is 0. The third-order valence-corrected chi connectivity index (χ3v) is 15.8. The average molecular weight is 948 g/mol. The molecule has 0 radical (unpaired) electrons. The fourth-order valence-corrected chi connectivity index (χ4v) is 11.9. The molecule has 1 aromatic heterocycles. The number of hydrogen-bond donors (Lipinski definition) is 0. The lowest BCUT2D eigenvalue weighted by molar-refractivity contribution is 0.590. The first-order valence-corrected chi connectivity index (χ1v) is 26.3. The van der Waals surface area contributed by atoms with Crippen LogP contribution in [0.1, 0.15) is 95.7 Å². The van der Waals surface area contributed by atoms with Crippen molar-refractivity contribution in [1.82, 2.24) is 4.57 Å². The van der Waals surface area contributed by atoms with Crippen molar-refractivity contribution in [2.75, 3.05) is 9.80 Å². The maximum Gasteiger partial charge on any atom is 0.252 e. The highest BCUT2D eigenvalue weighted by molar-refractivity contribution is 7.00. The van der Waals surface area contributed by atoms with Crippen molar-refractivity contribution in [3.63, 3.8) is 0 Å². The van der Waals surface area contributed by atoms with Gasteiger partial charge >= 0.3 is 0 Å². The molecule has 2 aliphatic rings. The van der Waals surface area contributed by atoms with Crippen molar-refractivity contribution >= 4 is 79.0 Å². The summed E-state index contributed by atoms with van der Waals surface area (Å²) in [6.45, 7) is 27.5. The lowest BCUT2D eigenvalue weighted by Gasteiger charge is -2.45. The number of aromatic nitrogens is 1. The lowest BCUT2D eigenvalue weighted by Crippen LogP contribution is -2.61. The van der Waals surface area contributed by atoms with E-state index in [0.29, 0.717) is 0 Å². The maximum absolute atomic E-state index is 2.63. The molecule has 9 aromatic carbocycles. The van der Waals surface area contributed by atoms with Crippen molar-refractivity contribution < 1.29 is 0 Å². The van der Waals surface area contributed by atoms with E-state index in [0.717, 1.165) is 17.1 Å². The Balaban J connectivity index is 1.23. The molecule has 0 fully saturated rings. The van der Waals surface area contributed by atoms with Gasteiger partial charge in [0, 0.05) is 44.6 Å². The summed E-state index contributed by atoms with van der Waals surface area (Å²) >= 11 is 0. The second-order valence-corrected chi connectivity index (χ2v) is 24.2. The van der Waals surface area contributed by atoms with Crippen molar-refractivity contribution in [1.29, 1.82) is 0 Å². The fraction of sp³-hybridized carbons (Fsp3) is 0.217.